The van der Waals surface area contributed by atoms with Crippen molar-refractivity contribution in [1.82, 2.24) is 0 Å². The highest BCUT2D eigenvalue weighted by Gasteiger charge is 2.05. The van der Waals surface area contributed by atoms with E-state index >= 15 is 0 Å². The summed E-state index contributed by atoms with van der Waals surface area (Å²) in [6.45, 7) is 1.50. The Hall–Kier alpha value is -2.56. The van der Waals surface area contributed by atoms with Gasteiger partial charge in [0.15, 0.2) is 6.61 Å². The smallest absolute Gasteiger partial charge is 0.262 e. The van der Waals surface area contributed by atoms with Gasteiger partial charge in [-0.1, -0.05) is 6.07 Å². The molecular weight excluding hydrogens is 259 g/mol. The average molecular weight is 274 g/mol. The number of carbonyl (C=O) groups excluding carboxylic acids is 1. The summed E-state index contributed by atoms with van der Waals surface area (Å²) < 4.78 is 18.6. The van der Waals surface area contributed by atoms with Gasteiger partial charge in [0.2, 0.25) is 0 Å². The maximum absolute atomic E-state index is 13.3. The van der Waals surface area contributed by atoms with Crippen LogP contribution in [0.25, 0.3) is 0 Å². The van der Waals surface area contributed by atoms with E-state index in [0.29, 0.717) is 22.7 Å². The van der Waals surface area contributed by atoms with Crippen LogP contribution in [0.5, 0.6) is 5.75 Å². The van der Waals surface area contributed by atoms with Crippen LogP contribution < -0.4 is 15.8 Å². The fourth-order valence-corrected chi connectivity index (χ4v) is 1.58. The monoisotopic (exact) mass is 274 g/mol. The largest absolute Gasteiger partial charge is 0.484 e. The zero-order valence-corrected chi connectivity index (χ0v) is 11.0. The second-order valence-electron chi connectivity index (χ2n) is 4.37. The molecule has 0 aliphatic heterocycles. The molecule has 0 saturated carbocycles. The van der Waals surface area contributed by atoms with Crippen molar-refractivity contribution in [2.75, 3.05) is 17.7 Å². The number of rotatable bonds is 4. The van der Waals surface area contributed by atoms with Crippen molar-refractivity contribution in [2.45, 2.75) is 6.92 Å². The summed E-state index contributed by atoms with van der Waals surface area (Å²) in [4.78, 5) is 11.7. The molecule has 5 heteroatoms. The Morgan fingerprint density at radius 2 is 1.95 bits per heavy atom. The highest BCUT2D eigenvalue weighted by molar-refractivity contribution is 5.91. The van der Waals surface area contributed by atoms with Crippen LogP contribution in [0, 0.1) is 12.7 Å². The van der Waals surface area contributed by atoms with E-state index in [1.165, 1.54) is 6.07 Å². The maximum atomic E-state index is 13.3. The van der Waals surface area contributed by atoms with Gasteiger partial charge in [-0.05, 0) is 48.9 Å². The molecule has 0 atom stereocenters. The average Bonchev–Trinajstić information content (AvgIpc) is 2.42. The number of nitrogens with one attached hydrogen (secondary N) is 1. The van der Waals surface area contributed by atoms with Crippen LogP contribution in [0.3, 0.4) is 0 Å². The highest BCUT2D eigenvalue weighted by atomic mass is 19.1. The Kier molecular flexibility index (Phi) is 4.20. The third-order valence-electron chi connectivity index (χ3n) is 2.71. The molecule has 3 N–H and O–H groups in total. The van der Waals surface area contributed by atoms with E-state index < -0.39 is 0 Å². The lowest BCUT2D eigenvalue weighted by molar-refractivity contribution is -0.118. The van der Waals surface area contributed by atoms with Gasteiger partial charge in [0, 0.05) is 11.4 Å². The molecule has 0 aliphatic carbocycles. The molecule has 2 aromatic carbocycles. The Labute approximate surface area is 116 Å². The van der Waals surface area contributed by atoms with E-state index in [-0.39, 0.29) is 18.3 Å². The summed E-state index contributed by atoms with van der Waals surface area (Å²) >= 11 is 0. The molecule has 0 aromatic heterocycles. The lowest BCUT2D eigenvalue weighted by Crippen LogP contribution is -2.20. The first-order chi connectivity index (χ1) is 9.54. The van der Waals surface area contributed by atoms with Crippen molar-refractivity contribution in [2.24, 2.45) is 0 Å². The molecular formula is C15H15FN2O2. The van der Waals surface area contributed by atoms with Crippen molar-refractivity contribution in [3.05, 3.63) is 53.8 Å². The lowest BCUT2D eigenvalue weighted by atomic mass is 10.2. The van der Waals surface area contributed by atoms with Crippen LogP contribution in [0.1, 0.15) is 5.56 Å². The Balaban J connectivity index is 1.89. The van der Waals surface area contributed by atoms with E-state index in [2.05, 4.69) is 5.32 Å². The van der Waals surface area contributed by atoms with E-state index in [1.807, 2.05) is 0 Å². The van der Waals surface area contributed by atoms with Crippen molar-refractivity contribution in [3.63, 3.8) is 0 Å². The molecule has 0 aliphatic rings. The fraction of sp³-hybridized carbons (Fsp3) is 0.133. The van der Waals surface area contributed by atoms with Crippen molar-refractivity contribution >= 4 is 17.3 Å². The SMILES string of the molecule is Cc1ccc(NC(=O)COc2ccc(N)cc2)cc1F. The molecule has 0 heterocycles. The number of amides is 1. The predicted octanol–water partition coefficient (Wildman–Crippen LogP) is 2.73. The zero-order chi connectivity index (χ0) is 14.5. The normalized spacial score (nSPS) is 10.1. The van der Waals surface area contributed by atoms with Gasteiger partial charge in [0.25, 0.3) is 5.91 Å². The molecule has 0 spiro atoms. The molecule has 104 valence electrons. The van der Waals surface area contributed by atoms with Gasteiger partial charge >= 0.3 is 0 Å². The minimum Gasteiger partial charge on any atom is -0.484 e. The number of aryl methyl sites for hydroxylation is 1. The molecule has 2 rings (SSSR count). The van der Waals surface area contributed by atoms with Crippen LogP contribution in [-0.4, -0.2) is 12.5 Å². The van der Waals surface area contributed by atoms with Crippen molar-refractivity contribution < 1.29 is 13.9 Å². The van der Waals surface area contributed by atoms with Gasteiger partial charge < -0.3 is 15.8 Å². The predicted molar refractivity (Wildman–Crippen MR) is 76.1 cm³/mol. The van der Waals surface area contributed by atoms with Crippen LogP contribution in [0.15, 0.2) is 42.5 Å². The van der Waals surface area contributed by atoms with E-state index in [4.69, 9.17) is 10.5 Å². The second-order valence-corrected chi connectivity index (χ2v) is 4.37. The molecule has 1 amide bonds. The quantitative estimate of drug-likeness (QED) is 0.842. The summed E-state index contributed by atoms with van der Waals surface area (Å²) in [5.74, 6) is -0.170. The molecule has 0 bridgehead atoms. The first-order valence-electron chi connectivity index (χ1n) is 6.09. The summed E-state index contributed by atoms with van der Waals surface area (Å²) in [5, 5.41) is 2.56. The van der Waals surface area contributed by atoms with Gasteiger partial charge in [-0.15, -0.1) is 0 Å². The summed E-state index contributed by atoms with van der Waals surface area (Å²) in [7, 11) is 0. The number of nitrogen functional groups attached to an aromatic ring is 1. The lowest BCUT2D eigenvalue weighted by Gasteiger charge is -2.08. The molecule has 0 fully saturated rings. The summed E-state index contributed by atoms with van der Waals surface area (Å²) in [6, 6.07) is 11.2. The topological polar surface area (TPSA) is 64.3 Å². The van der Waals surface area contributed by atoms with E-state index in [1.54, 1.807) is 43.3 Å². The van der Waals surface area contributed by atoms with E-state index in [0.717, 1.165) is 0 Å². The van der Waals surface area contributed by atoms with Crippen LogP contribution in [0.2, 0.25) is 0 Å². The first-order valence-corrected chi connectivity index (χ1v) is 6.09. The number of hydrogen-bond donors (Lipinski definition) is 2. The maximum Gasteiger partial charge on any atom is 0.262 e. The highest BCUT2D eigenvalue weighted by Crippen LogP contribution is 2.15. The number of hydrogen-bond acceptors (Lipinski definition) is 3. The van der Waals surface area contributed by atoms with Gasteiger partial charge in [-0.2, -0.15) is 0 Å². The third-order valence-corrected chi connectivity index (χ3v) is 2.71. The number of carbonyl (C=O) groups is 1. The van der Waals surface area contributed by atoms with Gasteiger partial charge in [0.05, 0.1) is 0 Å². The Bertz CT molecular complexity index is 612. The molecule has 2 aromatic rings. The number of anilines is 2. The van der Waals surface area contributed by atoms with Crippen LogP contribution >= 0.6 is 0 Å². The Morgan fingerprint density at radius 3 is 2.60 bits per heavy atom. The van der Waals surface area contributed by atoms with Gasteiger partial charge in [0.1, 0.15) is 11.6 Å². The zero-order valence-electron chi connectivity index (χ0n) is 11.0. The van der Waals surface area contributed by atoms with Gasteiger partial charge in [-0.3, -0.25) is 4.79 Å². The number of ether oxygens (including phenoxy) is 1. The van der Waals surface area contributed by atoms with Crippen LogP contribution in [-0.2, 0) is 4.79 Å². The fourth-order valence-electron chi connectivity index (χ4n) is 1.58. The van der Waals surface area contributed by atoms with E-state index in [9.17, 15) is 9.18 Å². The summed E-state index contributed by atoms with van der Waals surface area (Å²) in [5.41, 5.74) is 7.09. The minimum atomic E-state index is -0.359. The number of halogens is 1. The molecule has 0 radical (unpaired) electrons. The minimum absolute atomic E-state index is 0.153. The van der Waals surface area contributed by atoms with Crippen molar-refractivity contribution in [1.29, 1.82) is 0 Å². The van der Waals surface area contributed by atoms with Crippen LogP contribution in [0.4, 0.5) is 15.8 Å². The van der Waals surface area contributed by atoms with Gasteiger partial charge in [-0.25, -0.2) is 4.39 Å². The summed E-state index contributed by atoms with van der Waals surface area (Å²) in [6.07, 6.45) is 0. The second kappa shape index (κ2) is 6.06. The third kappa shape index (κ3) is 3.71. The molecule has 20 heavy (non-hydrogen) atoms. The first kappa shape index (κ1) is 13.9. The number of benzene rings is 2. The Morgan fingerprint density at radius 1 is 1.25 bits per heavy atom. The standard InChI is InChI=1S/C15H15FN2O2/c1-10-2-5-12(8-14(10)16)18-15(19)9-20-13-6-3-11(17)4-7-13/h2-8H,9,17H2,1H3,(H,18,19). The molecule has 0 unspecified atom stereocenters. The number of nitrogens with two attached hydrogens (primary N) is 1. The molecule has 0 saturated heterocycles. The molecule has 4 nitrogen and oxygen atoms in total. The van der Waals surface area contributed by atoms with Crippen molar-refractivity contribution in [3.8, 4) is 5.75 Å².